The molecule has 0 radical (unpaired) electrons. The normalized spacial score (nSPS) is 11.6. The molecule has 0 spiro atoms. The highest BCUT2D eigenvalue weighted by Crippen LogP contribution is 2.30. The van der Waals surface area contributed by atoms with Gasteiger partial charge in [0.1, 0.15) is 0 Å². The molecular formula is C10H10F4OS. The van der Waals surface area contributed by atoms with Gasteiger partial charge in [0, 0.05) is 5.75 Å². The molecule has 1 aromatic rings. The predicted octanol–water partition coefficient (Wildman–Crippen LogP) is 3.77. The first-order valence-corrected chi connectivity index (χ1v) is 5.47. The minimum Gasteiger partial charge on any atom is -0.490 e. The number of hydrogen-bond donors (Lipinski definition) is 0. The number of halogens is 4. The number of alkyl halides is 3. The number of hydrogen-bond acceptors (Lipinski definition) is 2. The Morgan fingerprint density at radius 1 is 1.31 bits per heavy atom. The second-order valence-electron chi connectivity index (χ2n) is 3.03. The highest BCUT2D eigenvalue weighted by Gasteiger charge is 2.27. The molecule has 0 N–H and O–H groups in total. The summed E-state index contributed by atoms with van der Waals surface area (Å²) >= 11 is -0.185. The summed E-state index contributed by atoms with van der Waals surface area (Å²) in [6, 6.07) is 4.54. The van der Waals surface area contributed by atoms with E-state index in [2.05, 4.69) is 0 Å². The van der Waals surface area contributed by atoms with E-state index >= 15 is 0 Å². The third-order valence-electron chi connectivity index (χ3n) is 1.76. The molecule has 1 rings (SSSR count). The molecule has 0 aromatic heterocycles. The van der Waals surface area contributed by atoms with Crippen LogP contribution >= 0.6 is 11.8 Å². The molecule has 0 aliphatic rings. The predicted molar refractivity (Wildman–Crippen MR) is 55.1 cm³/mol. The van der Waals surface area contributed by atoms with Gasteiger partial charge in [-0.05, 0) is 30.3 Å². The van der Waals surface area contributed by atoms with Gasteiger partial charge in [-0.15, -0.1) is 0 Å². The SMILES string of the molecule is Cc1cccc(OCCSC(F)(F)F)c1F. The lowest BCUT2D eigenvalue weighted by atomic mass is 10.2. The summed E-state index contributed by atoms with van der Waals surface area (Å²) < 4.78 is 53.5. The van der Waals surface area contributed by atoms with E-state index < -0.39 is 11.3 Å². The summed E-state index contributed by atoms with van der Waals surface area (Å²) in [7, 11) is 0. The highest BCUT2D eigenvalue weighted by atomic mass is 32.2. The van der Waals surface area contributed by atoms with Gasteiger partial charge >= 0.3 is 5.51 Å². The van der Waals surface area contributed by atoms with Crippen molar-refractivity contribution in [1.29, 1.82) is 0 Å². The van der Waals surface area contributed by atoms with E-state index in [-0.39, 0.29) is 29.9 Å². The lowest BCUT2D eigenvalue weighted by Crippen LogP contribution is -2.08. The number of thioether (sulfide) groups is 1. The van der Waals surface area contributed by atoms with Crippen LogP contribution in [0.5, 0.6) is 5.75 Å². The summed E-state index contributed by atoms with van der Waals surface area (Å²) in [5.41, 5.74) is -3.87. The Bertz CT molecular complexity index is 351. The molecule has 0 aliphatic carbocycles. The molecule has 0 heterocycles. The molecular weight excluding hydrogens is 244 g/mol. The molecule has 16 heavy (non-hydrogen) atoms. The van der Waals surface area contributed by atoms with Gasteiger partial charge in [0.15, 0.2) is 11.6 Å². The van der Waals surface area contributed by atoms with Gasteiger partial charge in [-0.25, -0.2) is 4.39 Å². The minimum absolute atomic E-state index is 0.0113. The zero-order valence-corrected chi connectivity index (χ0v) is 9.29. The zero-order valence-electron chi connectivity index (χ0n) is 8.47. The van der Waals surface area contributed by atoms with E-state index in [4.69, 9.17) is 4.74 Å². The highest BCUT2D eigenvalue weighted by molar-refractivity contribution is 8.00. The van der Waals surface area contributed by atoms with Crippen molar-refractivity contribution < 1.29 is 22.3 Å². The maximum absolute atomic E-state index is 13.3. The van der Waals surface area contributed by atoms with E-state index in [9.17, 15) is 17.6 Å². The second-order valence-corrected chi connectivity index (χ2v) is 4.19. The Balaban J connectivity index is 2.41. The Labute approximate surface area is 94.8 Å². The van der Waals surface area contributed by atoms with Crippen molar-refractivity contribution in [3.63, 3.8) is 0 Å². The fraction of sp³-hybridized carbons (Fsp3) is 0.400. The monoisotopic (exact) mass is 254 g/mol. The third-order valence-corrected chi connectivity index (χ3v) is 2.46. The van der Waals surface area contributed by atoms with Crippen molar-refractivity contribution in [2.24, 2.45) is 0 Å². The van der Waals surface area contributed by atoms with Crippen molar-refractivity contribution in [3.05, 3.63) is 29.6 Å². The molecule has 1 aromatic carbocycles. The second kappa shape index (κ2) is 5.43. The van der Waals surface area contributed by atoms with Gasteiger partial charge in [0.2, 0.25) is 0 Å². The molecule has 0 fully saturated rings. The first kappa shape index (κ1) is 13.2. The van der Waals surface area contributed by atoms with Gasteiger partial charge in [-0.3, -0.25) is 0 Å². The number of aryl methyl sites for hydroxylation is 1. The molecule has 90 valence electrons. The Kier molecular flexibility index (Phi) is 4.46. The van der Waals surface area contributed by atoms with Gasteiger partial charge < -0.3 is 4.74 Å². The lowest BCUT2D eigenvalue weighted by Gasteiger charge is -2.09. The van der Waals surface area contributed by atoms with E-state index in [1.165, 1.54) is 6.07 Å². The molecule has 0 amide bonds. The molecule has 0 atom stereocenters. The van der Waals surface area contributed by atoms with Crippen LogP contribution in [0.4, 0.5) is 17.6 Å². The van der Waals surface area contributed by atoms with Crippen LogP contribution in [-0.4, -0.2) is 17.9 Å². The minimum atomic E-state index is -4.27. The van der Waals surface area contributed by atoms with Crippen molar-refractivity contribution in [2.45, 2.75) is 12.4 Å². The average molecular weight is 254 g/mol. The van der Waals surface area contributed by atoms with E-state index in [1.807, 2.05) is 0 Å². The molecule has 6 heteroatoms. The van der Waals surface area contributed by atoms with Crippen molar-refractivity contribution >= 4 is 11.8 Å². The summed E-state index contributed by atoms with van der Waals surface area (Å²) in [6.45, 7) is 1.39. The van der Waals surface area contributed by atoms with Gasteiger partial charge in [0.25, 0.3) is 0 Å². The van der Waals surface area contributed by atoms with Crippen LogP contribution in [0, 0.1) is 12.7 Å². The van der Waals surface area contributed by atoms with Gasteiger partial charge in [0.05, 0.1) is 6.61 Å². The van der Waals surface area contributed by atoms with Crippen LogP contribution in [0.25, 0.3) is 0 Å². The van der Waals surface area contributed by atoms with Gasteiger partial charge in [-0.1, -0.05) is 12.1 Å². The van der Waals surface area contributed by atoms with E-state index in [0.717, 1.165) is 0 Å². The summed E-state index contributed by atoms with van der Waals surface area (Å²) in [6.07, 6.45) is 0. The fourth-order valence-corrected chi connectivity index (χ4v) is 1.44. The van der Waals surface area contributed by atoms with E-state index in [1.54, 1.807) is 19.1 Å². The molecule has 0 aliphatic heterocycles. The average Bonchev–Trinajstić information content (AvgIpc) is 2.17. The molecule has 0 unspecified atom stereocenters. The first-order valence-electron chi connectivity index (χ1n) is 4.49. The summed E-state index contributed by atoms with van der Waals surface area (Å²) in [5, 5.41) is 0. The maximum Gasteiger partial charge on any atom is 0.441 e. The van der Waals surface area contributed by atoms with Gasteiger partial charge in [-0.2, -0.15) is 13.2 Å². The Morgan fingerprint density at radius 3 is 2.62 bits per heavy atom. The van der Waals surface area contributed by atoms with Crippen LogP contribution < -0.4 is 4.74 Å². The Morgan fingerprint density at radius 2 is 2.00 bits per heavy atom. The first-order chi connectivity index (χ1) is 7.40. The summed E-state index contributed by atoms with van der Waals surface area (Å²) in [5.74, 6) is -0.793. The number of ether oxygens (including phenoxy) is 1. The Hall–Kier alpha value is -0.910. The molecule has 0 bridgehead atoms. The topological polar surface area (TPSA) is 9.23 Å². The lowest BCUT2D eigenvalue weighted by molar-refractivity contribution is -0.0329. The molecule has 0 saturated heterocycles. The van der Waals surface area contributed by atoms with Crippen molar-refractivity contribution in [2.75, 3.05) is 12.4 Å². The summed E-state index contributed by atoms with van der Waals surface area (Å²) in [4.78, 5) is 0. The van der Waals surface area contributed by atoms with Crippen molar-refractivity contribution in [1.82, 2.24) is 0 Å². The fourth-order valence-electron chi connectivity index (χ4n) is 1.04. The molecule has 1 nitrogen and oxygen atoms in total. The van der Waals surface area contributed by atoms with Crippen LogP contribution in [0.2, 0.25) is 0 Å². The maximum atomic E-state index is 13.3. The van der Waals surface area contributed by atoms with Crippen LogP contribution in [-0.2, 0) is 0 Å². The van der Waals surface area contributed by atoms with Crippen LogP contribution in [0.1, 0.15) is 5.56 Å². The van der Waals surface area contributed by atoms with E-state index in [0.29, 0.717) is 5.56 Å². The molecule has 0 saturated carbocycles. The standard InChI is InChI=1S/C10H10F4OS/c1-7-3-2-4-8(9(7)11)15-5-6-16-10(12,13)14/h2-4H,5-6H2,1H3. The largest absolute Gasteiger partial charge is 0.490 e. The number of rotatable bonds is 4. The van der Waals surface area contributed by atoms with Crippen molar-refractivity contribution in [3.8, 4) is 5.75 Å². The quantitative estimate of drug-likeness (QED) is 0.597. The van der Waals surface area contributed by atoms with Crippen LogP contribution in [0.3, 0.4) is 0 Å². The number of benzene rings is 1. The third kappa shape index (κ3) is 4.30. The smallest absolute Gasteiger partial charge is 0.441 e. The van der Waals surface area contributed by atoms with Crippen LogP contribution in [0.15, 0.2) is 18.2 Å². The zero-order chi connectivity index (χ0) is 12.2.